The molecule has 1 heterocycles. The Bertz CT molecular complexity index is 322. The summed E-state index contributed by atoms with van der Waals surface area (Å²) in [5.41, 5.74) is 0. The number of hydrogen-bond acceptors (Lipinski definition) is 3. The van der Waals surface area contributed by atoms with E-state index in [1.165, 1.54) is 0 Å². The molecule has 0 atom stereocenters. The number of thiazole rings is 1. The number of anilines is 1. The fourth-order valence-corrected chi connectivity index (χ4v) is 1.23. The van der Waals surface area contributed by atoms with E-state index in [0.717, 1.165) is 0 Å². The SMILES string of the molecule is O=C(O)Nc1ncc(C(F)(F)F)s1. The second-order valence-corrected chi connectivity index (χ2v) is 2.99. The molecule has 2 N–H and O–H groups in total. The van der Waals surface area contributed by atoms with Crippen molar-refractivity contribution in [2.45, 2.75) is 6.18 Å². The van der Waals surface area contributed by atoms with E-state index in [0.29, 0.717) is 6.20 Å². The number of carboxylic acid groups (broad SMARTS) is 1. The smallest absolute Gasteiger partial charge is 0.427 e. The third-order valence-electron chi connectivity index (χ3n) is 0.999. The fourth-order valence-electron chi connectivity index (χ4n) is 0.554. The minimum absolute atomic E-state index is 0.240. The van der Waals surface area contributed by atoms with Crippen LogP contribution >= 0.6 is 11.3 Å². The highest BCUT2D eigenvalue weighted by Crippen LogP contribution is 2.34. The van der Waals surface area contributed by atoms with Gasteiger partial charge in [0.1, 0.15) is 4.88 Å². The van der Waals surface area contributed by atoms with Crippen LogP contribution < -0.4 is 5.32 Å². The Morgan fingerprint density at radius 3 is 2.62 bits per heavy atom. The van der Waals surface area contributed by atoms with Crippen LogP contribution in [0.5, 0.6) is 0 Å². The van der Waals surface area contributed by atoms with Crippen LogP contribution in [0.4, 0.5) is 23.1 Å². The third-order valence-corrected chi connectivity index (χ3v) is 1.96. The van der Waals surface area contributed by atoms with Crippen molar-refractivity contribution in [1.82, 2.24) is 4.98 Å². The molecule has 8 heteroatoms. The van der Waals surface area contributed by atoms with Crippen LogP contribution in [0.15, 0.2) is 6.20 Å². The summed E-state index contributed by atoms with van der Waals surface area (Å²) in [4.78, 5) is 12.3. The number of carbonyl (C=O) groups is 1. The normalized spacial score (nSPS) is 11.3. The van der Waals surface area contributed by atoms with Crippen LogP contribution in [0.25, 0.3) is 0 Å². The zero-order valence-electron chi connectivity index (χ0n) is 5.92. The summed E-state index contributed by atoms with van der Waals surface area (Å²) in [7, 11) is 0. The molecule has 0 spiro atoms. The first-order valence-corrected chi connectivity index (χ1v) is 3.74. The molecule has 1 aromatic rings. The van der Waals surface area contributed by atoms with Crippen molar-refractivity contribution in [3.8, 4) is 0 Å². The molecule has 1 rings (SSSR count). The van der Waals surface area contributed by atoms with Gasteiger partial charge >= 0.3 is 12.3 Å². The summed E-state index contributed by atoms with van der Waals surface area (Å²) < 4.78 is 35.8. The lowest BCUT2D eigenvalue weighted by Gasteiger charge is -1.99. The molecule has 0 saturated carbocycles. The van der Waals surface area contributed by atoms with Gasteiger partial charge in [0.15, 0.2) is 5.13 Å². The highest BCUT2D eigenvalue weighted by Gasteiger charge is 2.33. The Balaban J connectivity index is 2.81. The average Bonchev–Trinajstić information content (AvgIpc) is 2.32. The highest BCUT2D eigenvalue weighted by atomic mass is 32.1. The first-order chi connectivity index (χ1) is 5.89. The first-order valence-electron chi connectivity index (χ1n) is 2.92. The van der Waals surface area contributed by atoms with E-state index in [1.807, 2.05) is 0 Å². The summed E-state index contributed by atoms with van der Waals surface area (Å²) in [5, 5.41) is 9.58. The van der Waals surface area contributed by atoms with Gasteiger partial charge in [-0.2, -0.15) is 13.2 Å². The van der Waals surface area contributed by atoms with Crippen LogP contribution in [-0.2, 0) is 6.18 Å². The van der Waals surface area contributed by atoms with Crippen molar-refractivity contribution in [3.63, 3.8) is 0 Å². The average molecular weight is 212 g/mol. The third kappa shape index (κ3) is 2.58. The van der Waals surface area contributed by atoms with Crippen molar-refractivity contribution in [2.24, 2.45) is 0 Å². The lowest BCUT2D eigenvalue weighted by atomic mass is 10.5. The second kappa shape index (κ2) is 3.21. The van der Waals surface area contributed by atoms with Crippen LogP contribution in [0.2, 0.25) is 0 Å². The summed E-state index contributed by atoms with van der Waals surface area (Å²) in [6.45, 7) is 0. The predicted octanol–water partition coefficient (Wildman–Crippen LogP) is 2.25. The Labute approximate surface area is 74.0 Å². The second-order valence-electron chi connectivity index (χ2n) is 1.96. The van der Waals surface area contributed by atoms with Crippen LogP contribution in [0, 0.1) is 0 Å². The highest BCUT2D eigenvalue weighted by molar-refractivity contribution is 7.15. The molecule has 72 valence electrons. The van der Waals surface area contributed by atoms with Crippen LogP contribution in [0.1, 0.15) is 4.88 Å². The van der Waals surface area contributed by atoms with Gasteiger partial charge in [-0.3, -0.25) is 5.32 Å². The van der Waals surface area contributed by atoms with Crippen molar-refractivity contribution >= 4 is 22.6 Å². The Hall–Kier alpha value is -1.31. The van der Waals surface area contributed by atoms with Gasteiger partial charge in [0.2, 0.25) is 0 Å². The summed E-state index contributed by atoms with van der Waals surface area (Å²) in [6.07, 6.45) is -5.34. The van der Waals surface area contributed by atoms with E-state index in [9.17, 15) is 18.0 Å². The summed E-state index contributed by atoms with van der Waals surface area (Å²) in [5.74, 6) is 0. The molecule has 0 saturated heterocycles. The van der Waals surface area contributed by atoms with Crippen molar-refractivity contribution in [1.29, 1.82) is 0 Å². The topological polar surface area (TPSA) is 62.2 Å². The van der Waals surface area contributed by atoms with E-state index >= 15 is 0 Å². The van der Waals surface area contributed by atoms with Gasteiger partial charge in [-0.1, -0.05) is 11.3 Å². The molecular formula is C5H3F3N2O2S. The van der Waals surface area contributed by atoms with Gasteiger partial charge in [0.05, 0.1) is 6.20 Å². The van der Waals surface area contributed by atoms with E-state index in [1.54, 1.807) is 5.32 Å². The van der Waals surface area contributed by atoms with Crippen molar-refractivity contribution < 1.29 is 23.1 Å². The molecule has 1 aromatic heterocycles. The number of amides is 1. The monoisotopic (exact) mass is 212 g/mol. The molecule has 0 aromatic carbocycles. The van der Waals surface area contributed by atoms with Gasteiger partial charge in [0, 0.05) is 0 Å². The maximum Gasteiger partial charge on any atom is 0.427 e. The predicted molar refractivity (Wildman–Crippen MR) is 38.8 cm³/mol. The van der Waals surface area contributed by atoms with Crippen LogP contribution in [-0.4, -0.2) is 16.2 Å². The number of aromatic nitrogens is 1. The molecule has 0 bridgehead atoms. The number of halogens is 3. The largest absolute Gasteiger partial charge is 0.465 e. The lowest BCUT2D eigenvalue weighted by Crippen LogP contribution is -2.06. The summed E-state index contributed by atoms with van der Waals surface area (Å²) >= 11 is 0.240. The number of alkyl halides is 3. The zero-order chi connectivity index (χ0) is 10.1. The van der Waals surface area contributed by atoms with Gasteiger partial charge in [-0.25, -0.2) is 9.78 Å². The standard InChI is InChI=1S/C5H3F3N2O2S/c6-5(7,8)2-1-9-3(13-2)10-4(11)12/h1H,(H,9,10)(H,11,12). The lowest BCUT2D eigenvalue weighted by molar-refractivity contribution is -0.134. The molecule has 0 aliphatic carbocycles. The Morgan fingerprint density at radius 2 is 2.23 bits per heavy atom. The quantitative estimate of drug-likeness (QED) is 0.750. The van der Waals surface area contributed by atoms with Gasteiger partial charge in [0.25, 0.3) is 0 Å². The maximum absolute atomic E-state index is 11.9. The molecular weight excluding hydrogens is 209 g/mol. The molecule has 0 radical (unpaired) electrons. The number of rotatable bonds is 1. The molecule has 4 nitrogen and oxygen atoms in total. The molecule has 0 aliphatic heterocycles. The maximum atomic E-state index is 11.9. The Morgan fingerprint density at radius 1 is 1.62 bits per heavy atom. The molecule has 0 fully saturated rings. The fraction of sp³-hybridized carbons (Fsp3) is 0.200. The van der Waals surface area contributed by atoms with E-state index in [-0.39, 0.29) is 16.5 Å². The van der Waals surface area contributed by atoms with Crippen molar-refractivity contribution in [2.75, 3.05) is 5.32 Å². The zero-order valence-corrected chi connectivity index (χ0v) is 6.74. The number of nitrogens with one attached hydrogen (secondary N) is 1. The minimum atomic E-state index is -4.48. The van der Waals surface area contributed by atoms with Gasteiger partial charge in [-0.05, 0) is 0 Å². The first kappa shape index (κ1) is 9.78. The molecule has 0 aliphatic rings. The molecule has 0 unspecified atom stereocenters. The van der Waals surface area contributed by atoms with E-state index < -0.39 is 17.1 Å². The van der Waals surface area contributed by atoms with Gasteiger partial charge in [-0.15, -0.1) is 0 Å². The van der Waals surface area contributed by atoms with Crippen molar-refractivity contribution in [3.05, 3.63) is 11.1 Å². The van der Waals surface area contributed by atoms with Gasteiger partial charge < -0.3 is 5.11 Å². The Kier molecular flexibility index (Phi) is 2.41. The number of nitrogens with zero attached hydrogens (tertiary/aromatic N) is 1. The minimum Gasteiger partial charge on any atom is -0.465 e. The summed E-state index contributed by atoms with van der Waals surface area (Å²) in [6, 6.07) is 0. The van der Waals surface area contributed by atoms with E-state index in [2.05, 4.69) is 4.98 Å². The van der Waals surface area contributed by atoms with E-state index in [4.69, 9.17) is 5.11 Å². The molecule has 1 amide bonds. The van der Waals surface area contributed by atoms with Crippen LogP contribution in [0.3, 0.4) is 0 Å². The number of hydrogen-bond donors (Lipinski definition) is 2. The molecule has 13 heavy (non-hydrogen) atoms.